The van der Waals surface area contributed by atoms with Crippen molar-refractivity contribution in [2.75, 3.05) is 32.2 Å². The first kappa shape index (κ1) is 14.3. The summed E-state index contributed by atoms with van der Waals surface area (Å²) in [4.78, 5) is 0. The normalized spacial score (nSPS) is 23.4. The molecular formula is C15H23NO3. The van der Waals surface area contributed by atoms with Crippen LogP contribution < -0.4 is 5.73 Å². The van der Waals surface area contributed by atoms with Crippen molar-refractivity contribution in [1.29, 1.82) is 0 Å². The van der Waals surface area contributed by atoms with Gasteiger partial charge < -0.3 is 19.9 Å². The number of hydrogen-bond donors (Lipinski definition) is 1. The molecule has 2 heterocycles. The van der Waals surface area contributed by atoms with Crippen molar-refractivity contribution >= 4 is 5.69 Å². The molecule has 1 aromatic rings. The average molecular weight is 265 g/mol. The SMILES string of the molecule is C(OCC1CO1)C1CO1.CCCc1ccc(N)cc1. The molecular weight excluding hydrogens is 242 g/mol. The number of rotatable bonds is 6. The highest BCUT2D eigenvalue weighted by atomic mass is 16.6. The Morgan fingerprint density at radius 2 is 1.63 bits per heavy atom. The number of aryl methyl sites for hydroxylation is 1. The van der Waals surface area contributed by atoms with E-state index in [1.54, 1.807) is 0 Å². The maximum absolute atomic E-state index is 5.52. The fraction of sp³-hybridized carbons (Fsp3) is 0.600. The summed E-state index contributed by atoms with van der Waals surface area (Å²) in [6.45, 7) is 5.44. The van der Waals surface area contributed by atoms with Crippen molar-refractivity contribution in [2.45, 2.75) is 32.0 Å². The van der Waals surface area contributed by atoms with Crippen molar-refractivity contribution in [2.24, 2.45) is 0 Å². The molecule has 0 saturated carbocycles. The molecule has 0 spiro atoms. The second-order valence-electron chi connectivity index (χ2n) is 4.94. The molecule has 4 heteroatoms. The number of ether oxygens (including phenoxy) is 3. The molecule has 2 N–H and O–H groups in total. The highest BCUT2D eigenvalue weighted by Crippen LogP contribution is 2.12. The van der Waals surface area contributed by atoms with Crippen LogP contribution in [0.25, 0.3) is 0 Å². The van der Waals surface area contributed by atoms with E-state index in [1.807, 2.05) is 12.1 Å². The molecule has 2 aliphatic heterocycles. The zero-order valence-electron chi connectivity index (χ0n) is 11.5. The molecule has 4 nitrogen and oxygen atoms in total. The number of nitrogens with two attached hydrogens (primary N) is 1. The highest BCUT2D eigenvalue weighted by Gasteiger charge is 2.26. The van der Waals surface area contributed by atoms with E-state index in [9.17, 15) is 0 Å². The van der Waals surface area contributed by atoms with Crippen molar-refractivity contribution in [3.05, 3.63) is 29.8 Å². The minimum atomic E-state index is 0.392. The molecule has 2 fully saturated rings. The quantitative estimate of drug-likeness (QED) is 0.631. The Morgan fingerprint density at radius 3 is 2.05 bits per heavy atom. The minimum Gasteiger partial charge on any atom is -0.399 e. The van der Waals surface area contributed by atoms with Gasteiger partial charge in [0, 0.05) is 5.69 Å². The zero-order valence-corrected chi connectivity index (χ0v) is 11.5. The zero-order chi connectivity index (χ0) is 13.5. The second-order valence-corrected chi connectivity index (χ2v) is 4.94. The van der Waals surface area contributed by atoms with Gasteiger partial charge in [-0.1, -0.05) is 25.5 Å². The molecule has 0 aromatic heterocycles. The van der Waals surface area contributed by atoms with Crippen LogP contribution in [0.3, 0.4) is 0 Å². The van der Waals surface area contributed by atoms with Crippen LogP contribution in [0.2, 0.25) is 0 Å². The van der Waals surface area contributed by atoms with Gasteiger partial charge in [-0.15, -0.1) is 0 Å². The Bertz CT molecular complexity index is 346. The summed E-state index contributed by atoms with van der Waals surface area (Å²) < 4.78 is 15.1. The molecule has 0 aliphatic carbocycles. The molecule has 2 unspecified atom stereocenters. The van der Waals surface area contributed by atoms with Gasteiger partial charge in [-0.2, -0.15) is 0 Å². The summed E-state index contributed by atoms with van der Waals surface area (Å²) in [5, 5.41) is 0. The lowest BCUT2D eigenvalue weighted by Gasteiger charge is -1.97. The number of hydrogen-bond acceptors (Lipinski definition) is 4. The van der Waals surface area contributed by atoms with Crippen LogP contribution in [-0.4, -0.2) is 38.6 Å². The summed E-state index contributed by atoms with van der Waals surface area (Å²) in [7, 11) is 0. The largest absolute Gasteiger partial charge is 0.399 e. The van der Waals surface area contributed by atoms with Crippen LogP contribution >= 0.6 is 0 Å². The number of epoxide rings is 2. The third kappa shape index (κ3) is 6.57. The van der Waals surface area contributed by atoms with Crippen molar-refractivity contribution < 1.29 is 14.2 Å². The van der Waals surface area contributed by atoms with E-state index in [0.717, 1.165) is 38.5 Å². The fourth-order valence-electron chi connectivity index (χ4n) is 1.63. The van der Waals surface area contributed by atoms with E-state index in [0.29, 0.717) is 12.2 Å². The summed E-state index contributed by atoms with van der Waals surface area (Å²) in [6, 6.07) is 8.06. The molecule has 3 rings (SSSR count). The topological polar surface area (TPSA) is 60.3 Å². The third-order valence-electron chi connectivity index (χ3n) is 2.93. The maximum Gasteiger partial charge on any atom is 0.104 e. The Kier molecular flexibility index (Phi) is 5.63. The predicted molar refractivity (Wildman–Crippen MR) is 75.1 cm³/mol. The highest BCUT2D eigenvalue weighted by molar-refractivity contribution is 5.39. The Labute approximate surface area is 114 Å². The van der Waals surface area contributed by atoms with Crippen molar-refractivity contribution in [3.63, 3.8) is 0 Å². The van der Waals surface area contributed by atoms with Crippen molar-refractivity contribution in [1.82, 2.24) is 0 Å². The van der Waals surface area contributed by atoms with E-state index in [1.165, 1.54) is 12.0 Å². The first-order valence-electron chi connectivity index (χ1n) is 6.93. The van der Waals surface area contributed by atoms with Crippen LogP contribution in [0.5, 0.6) is 0 Å². The van der Waals surface area contributed by atoms with Gasteiger partial charge in [0.25, 0.3) is 0 Å². The van der Waals surface area contributed by atoms with Gasteiger partial charge in [0.1, 0.15) is 12.2 Å². The Morgan fingerprint density at radius 1 is 1.11 bits per heavy atom. The van der Waals surface area contributed by atoms with Crippen LogP contribution in [0.15, 0.2) is 24.3 Å². The first-order chi connectivity index (χ1) is 9.28. The minimum absolute atomic E-state index is 0.392. The fourth-order valence-corrected chi connectivity index (χ4v) is 1.63. The molecule has 2 aliphatic rings. The van der Waals surface area contributed by atoms with E-state index in [-0.39, 0.29) is 0 Å². The van der Waals surface area contributed by atoms with Gasteiger partial charge in [0.05, 0.1) is 26.4 Å². The lowest BCUT2D eigenvalue weighted by atomic mass is 10.1. The molecule has 0 radical (unpaired) electrons. The molecule has 0 bridgehead atoms. The number of nitrogen functional groups attached to an aromatic ring is 1. The summed E-state index contributed by atoms with van der Waals surface area (Å²) in [5.74, 6) is 0. The van der Waals surface area contributed by atoms with Gasteiger partial charge in [0.15, 0.2) is 0 Å². The molecule has 106 valence electrons. The van der Waals surface area contributed by atoms with Gasteiger partial charge >= 0.3 is 0 Å². The predicted octanol–water partition coefficient (Wildman–Crippen LogP) is 2.02. The lowest BCUT2D eigenvalue weighted by molar-refractivity contribution is 0.102. The third-order valence-corrected chi connectivity index (χ3v) is 2.93. The maximum atomic E-state index is 5.52. The Hall–Kier alpha value is -1.10. The van der Waals surface area contributed by atoms with E-state index < -0.39 is 0 Å². The molecule has 2 atom stereocenters. The number of benzene rings is 1. The van der Waals surface area contributed by atoms with Crippen LogP contribution in [-0.2, 0) is 20.6 Å². The van der Waals surface area contributed by atoms with Crippen LogP contribution in [0.1, 0.15) is 18.9 Å². The average Bonchev–Trinajstić information content (AvgIpc) is 3.27. The smallest absolute Gasteiger partial charge is 0.104 e. The summed E-state index contributed by atoms with van der Waals surface area (Å²) >= 11 is 0. The van der Waals surface area contributed by atoms with Gasteiger partial charge in [0.2, 0.25) is 0 Å². The van der Waals surface area contributed by atoms with Crippen LogP contribution in [0.4, 0.5) is 5.69 Å². The van der Waals surface area contributed by atoms with E-state index in [2.05, 4.69) is 19.1 Å². The Balaban J connectivity index is 0.000000141. The van der Waals surface area contributed by atoms with Crippen LogP contribution in [0, 0.1) is 0 Å². The van der Waals surface area contributed by atoms with Crippen molar-refractivity contribution in [3.8, 4) is 0 Å². The van der Waals surface area contributed by atoms with Gasteiger partial charge in [-0.25, -0.2) is 0 Å². The van der Waals surface area contributed by atoms with Gasteiger partial charge in [-0.3, -0.25) is 0 Å². The lowest BCUT2D eigenvalue weighted by Crippen LogP contribution is -2.06. The molecule has 2 saturated heterocycles. The van der Waals surface area contributed by atoms with E-state index >= 15 is 0 Å². The number of anilines is 1. The molecule has 1 aromatic carbocycles. The summed E-state index contributed by atoms with van der Waals surface area (Å²) in [6.07, 6.45) is 3.14. The monoisotopic (exact) mass is 265 g/mol. The van der Waals surface area contributed by atoms with Gasteiger partial charge in [-0.05, 0) is 24.1 Å². The molecule has 19 heavy (non-hydrogen) atoms. The molecule has 0 amide bonds. The summed E-state index contributed by atoms with van der Waals surface area (Å²) in [5.41, 5.74) is 7.74. The standard InChI is InChI=1S/C9H13N.C6H10O3/c1-2-3-8-4-6-9(10)7-5-8;1(5-3-8-5)7-2-6-4-9-6/h4-7H,2-3,10H2,1H3;5-6H,1-4H2. The first-order valence-corrected chi connectivity index (χ1v) is 6.93. The second kappa shape index (κ2) is 7.48. The van der Waals surface area contributed by atoms with E-state index in [4.69, 9.17) is 19.9 Å².